The second kappa shape index (κ2) is 1.80. The van der Waals surface area contributed by atoms with Gasteiger partial charge in [0, 0.05) is 7.05 Å². The van der Waals surface area contributed by atoms with Crippen LogP contribution in [0.15, 0.2) is 0 Å². The molecule has 0 aromatic carbocycles. The summed E-state index contributed by atoms with van der Waals surface area (Å²) >= 11 is 0. The largest absolute Gasteiger partial charge is 0.294 e. The molecule has 0 aromatic heterocycles. The van der Waals surface area contributed by atoms with Gasteiger partial charge in [-0.3, -0.25) is 4.84 Å². The van der Waals surface area contributed by atoms with E-state index in [0.29, 0.717) is 6.10 Å². The van der Waals surface area contributed by atoms with Crippen LogP contribution >= 0.6 is 0 Å². The van der Waals surface area contributed by atoms with Crippen LogP contribution in [0.3, 0.4) is 0 Å². The van der Waals surface area contributed by atoms with Gasteiger partial charge in [0.2, 0.25) is 0 Å². The van der Waals surface area contributed by atoms with Crippen LogP contribution in [0.2, 0.25) is 0 Å². The van der Waals surface area contributed by atoms with E-state index in [1.54, 1.807) is 0 Å². The minimum absolute atomic E-state index is 0.519. The Kier molecular flexibility index (Phi) is 1.30. The zero-order chi connectivity index (χ0) is 5.28. The molecular formula is C5H11NO. The summed E-state index contributed by atoms with van der Waals surface area (Å²) in [5.41, 5.74) is 0. The third-order valence-electron chi connectivity index (χ3n) is 1.25. The van der Waals surface area contributed by atoms with E-state index < -0.39 is 0 Å². The summed E-state index contributed by atoms with van der Waals surface area (Å²) in [6, 6.07) is 0. The summed E-state index contributed by atoms with van der Waals surface area (Å²) in [6.45, 7) is 3.24. The summed E-state index contributed by atoms with van der Waals surface area (Å²) in [4.78, 5) is 5.12. The lowest BCUT2D eigenvalue weighted by Crippen LogP contribution is -2.44. The van der Waals surface area contributed by atoms with Crippen LogP contribution in [0.4, 0.5) is 0 Å². The third kappa shape index (κ3) is 0.924. The molecule has 0 saturated carbocycles. The number of rotatable bonds is 1. The SMILES string of the molecule is CC[C@H]1CN(C)O1. The van der Waals surface area contributed by atoms with Crippen molar-refractivity contribution in [1.82, 2.24) is 5.06 Å². The summed E-state index contributed by atoms with van der Waals surface area (Å²) in [5.74, 6) is 0. The van der Waals surface area contributed by atoms with Crippen LogP contribution in [-0.4, -0.2) is 24.8 Å². The Morgan fingerprint density at radius 2 is 2.43 bits per heavy atom. The van der Waals surface area contributed by atoms with Crippen molar-refractivity contribution in [2.24, 2.45) is 0 Å². The van der Waals surface area contributed by atoms with E-state index in [9.17, 15) is 0 Å². The average molecular weight is 101 g/mol. The molecule has 0 bridgehead atoms. The summed E-state index contributed by atoms with van der Waals surface area (Å²) in [5, 5.41) is 1.86. The average Bonchev–Trinajstić information content (AvgIpc) is 1.58. The Labute approximate surface area is 44.0 Å². The molecule has 1 aliphatic rings. The topological polar surface area (TPSA) is 12.5 Å². The van der Waals surface area contributed by atoms with Gasteiger partial charge in [-0.2, -0.15) is 5.06 Å². The maximum Gasteiger partial charge on any atom is 0.0940 e. The van der Waals surface area contributed by atoms with Gasteiger partial charge in [-0.25, -0.2) is 0 Å². The molecule has 0 amide bonds. The molecule has 42 valence electrons. The lowest BCUT2D eigenvalue weighted by atomic mass is 10.2. The highest BCUT2D eigenvalue weighted by atomic mass is 16.7. The molecule has 0 unspecified atom stereocenters. The fourth-order valence-corrected chi connectivity index (χ4v) is 0.736. The molecule has 0 aromatic rings. The second-order valence-electron chi connectivity index (χ2n) is 1.95. The highest BCUT2D eigenvalue weighted by Crippen LogP contribution is 2.11. The van der Waals surface area contributed by atoms with Crippen molar-refractivity contribution < 1.29 is 4.84 Å². The van der Waals surface area contributed by atoms with Gasteiger partial charge >= 0.3 is 0 Å². The zero-order valence-corrected chi connectivity index (χ0v) is 4.85. The molecule has 2 heteroatoms. The monoisotopic (exact) mass is 101 g/mol. The molecular weight excluding hydrogens is 90.1 g/mol. The van der Waals surface area contributed by atoms with E-state index >= 15 is 0 Å². The van der Waals surface area contributed by atoms with E-state index in [-0.39, 0.29) is 0 Å². The van der Waals surface area contributed by atoms with Crippen LogP contribution in [0.1, 0.15) is 13.3 Å². The molecule has 1 heterocycles. The van der Waals surface area contributed by atoms with Crippen LogP contribution in [0.25, 0.3) is 0 Å². The number of hydrogen-bond donors (Lipinski definition) is 0. The van der Waals surface area contributed by atoms with Gasteiger partial charge < -0.3 is 0 Å². The molecule has 1 aliphatic heterocycles. The van der Waals surface area contributed by atoms with Crippen molar-refractivity contribution >= 4 is 0 Å². The number of likely N-dealkylation sites (N-methyl/N-ethyl adjacent to an activating group) is 1. The molecule has 1 rings (SSSR count). The van der Waals surface area contributed by atoms with E-state index in [2.05, 4.69) is 6.92 Å². The zero-order valence-electron chi connectivity index (χ0n) is 4.85. The number of hydroxylamine groups is 2. The van der Waals surface area contributed by atoms with Gasteiger partial charge in [0.1, 0.15) is 0 Å². The Bertz CT molecular complexity index is 59.1. The smallest absolute Gasteiger partial charge is 0.0940 e. The first-order valence-corrected chi connectivity index (χ1v) is 2.71. The molecule has 0 aliphatic carbocycles. The first-order valence-electron chi connectivity index (χ1n) is 2.71. The quantitative estimate of drug-likeness (QED) is 0.480. The van der Waals surface area contributed by atoms with Gasteiger partial charge in [-0.1, -0.05) is 6.92 Å². The van der Waals surface area contributed by atoms with Gasteiger partial charge in [0.25, 0.3) is 0 Å². The maximum absolute atomic E-state index is 5.12. The molecule has 2 nitrogen and oxygen atoms in total. The predicted molar refractivity (Wildman–Crippen MR) is 27.8 cm³/mol. The Morgan fingerprint density at radius 3 is 2.57 bits per heavy atom. The van der Waals surface area contributed by atoms with Crippen LogP contribution in [0, 0.1) is 0 Å². The van der Waals surface area contributed by atoms with Gasteiger partial charge in [-0.15, -0.1) is 0 Å². The van der Waals surface area contributed by atoms with Crippen molar-refractivity contribution in [3.63, 3.8) is 0 Å². The third-order valence-corrected chi connectivity index (χ3v) is 1.25. The molecule has 1 saturated heterocycles. The molecule has 0 N–H and O–H groups in total. The van der Waals surface area contributed by atoms with Crippen LogP contribution in [-0.2, 0) is 4.84 Å². The van der Waals surface area contributed by atoms with Crippen LogP contribution in [0.5, 0.6) is 0 Å². The first kappa shape index (κ1) is 5.06. The van der Waals surface area contributed by atoms with Crippen LogP contribution < -0.4 is 0 Å². The maximum atomic E-state index is 5.12. The lowest BCUT2D eigenvalue weighted by Gasteiger charge is -2.34. The van der Waals surface area contributed by atoms with E-state index in [1.165, 1.54) is 0 Å². The molecule has 1 fully saturated rings. The highest BCUT2D eigenvalue weighted by Gasteiger charge is 2.21. The minimum atomic E-state index is 0.519. The van der Waals surface area contributed by atoms with Gasteiger partial charge in [0.15, 0.2) is 0 Å². The second-order valence-corrected chi connectivity index (χ2v) is 1.95. The van der Waals surface area contributed by atoms with Crippen molar-refractivity contribution in [3.05, 3.63) is 0 Å². The minimum Gasteiger partial charge on any atom is -0.294 e. The van der Waals surface area contributed by atoms with Crippen molar-refractivity contribution in [1.29, 1.82) is 0 Å². The Hall–Kier alpha value is -0.0800. The standard InChI is InChI=1S/C5H11NO/c1-3-5-4-6(2)7-5/h5H,3-4H2,1-2H3/t5-/m0/s1. The summed E-state index contributed by atoms with van der Waals surface area (Å²) in [7, 11) is 1.95. The Balaban J connectivity index is 2.06. The molecule has 0 radical (unpaired) electrons. The van der Waals surface area contributed by atoms with E-state index in [0.717, 1.165) is 13.0 Å². The van der Waals surface area contributed by atoms with E-state index in [4.69, 9.17) is 4.84 Å². The molecule has 0 spiro atoms. The summed E-state index contributed by atoms with van der Waals surface area (Å²) in [6.07, 6.45) is 1.66. The number of nitrogens with zero attached hydrogens (tertiary/aromatic N) is 1. The lowest BCUT2D eigenvalue weighted by molar-refractivity contribution is -0.281. The van der Waals surface area contributed by atoms with Crippen molar-refractivity contribution in [3.8, 4) is 0 Å². The Morgan fingerprint density at radius 1 is 1.86 bits per heavy atom. The fourth-order valence-electron chi connectivity index (χ4n) is 0.736. The fraction of sp³-hybridized carbons (Fsp3) is 1.00. The number of hydrogen-bond acceptors (Lipinski definition) is 2. The predicted octanol–water partition coefficient (Wildman–Crippen LogP) is 0.642. The first-order chi connectivity index (χ1) is 3.33. The van der Waals surface area contributed by atoms with Crippen molar-refractivity contribution in [2.45, 2.75) is 19.4 Å². The van der Waals surface area contributed by atoms with E-state index in [1.807, 2.05) is 12.1 Å². The van der Waals surface area contributed by atoms with Crippen molar-refractivity contribution in [2.75, 3.05) is 13.6 Å². The molecule has 1 atom stereocenters. The van der Waals surface area contributed by atoms with Gasteiger partial charge in [-0.05, 0) is 6.42 Å². The molecule has 7 heavy (non-hydrogen) atoms. The normalized spacial score (nSPS) is 32.6. The van der Waals surface area contributed by atoms with Gasteiger partial charge in [0.05, 0.1) is 12.6 Å². The highest BCUT2D eigenvalue weighted by molar-refractivity contribution is 4.63. The summed E-state index contributed by atoms with van der Waals surface area (Å²) < 4.78 is 0.